The molecule has 1 heterocycles. The maximum Gasteiger partial charge on any atom is 0.248 e. The monoisotopic (exact) mass is 294 g/mol. The molecule has 114 valence electrons. The van der Waals surface area contributed by atoms with E-state index >= 15 is 0 Å². The summed E-state index contributed by atoms with van der Waals surface area (Å²) < 4.78 is 10.1. The van der Waals surface area contributed by atoms with Crippen LogP contribution in [0.25, 0.3) is 0 Å². The van der Waals surface area contributed by atoms with E-state index < -0.39 is 0 Å². The van der Waals surface area contributed by atoms with Crippen molar-refractivity contribution >= 4 is 18.3 Å². The average molecular weight is 295 g/mol. The molecule has 1 N–H and O–H groups in total. The molecule has 1 saturated heterocycles. The number of carbonyl (C=O) groups is 1. The van der Waals surface area contributed by atoms with Crippen molar-refractivity contribution in [3.8, 4) is 0 Å². The predicted molar refractivity (Wildman–Crippen MR) is 77.8 cm³/mol. The highest BCUT2D eigenvalue weighted by molar-refractivity contribution is 5.85. The van der Waals surface area contributed by atoms with Crippen LogP contribution in [0.2, 0.25) is 0 Å². The summed E-state index contributed by atoms with van der Waals surface area (Å²) in [5, 5.41) is 3.37. The molecule has 1 rings (SSSR count). The van der Waals surface area contributed by atoms with Crippen LogP contribution in [0.4, 0.5) is 0 Å². The molecule has 0 aromatic heterocycles. The second kappa shape index (κ2) is 11.5. The van der Waals surface area contributed by atoms with Crippen molar-refractivity contribution in [2.24, 2.45) is 5.92 Å². The summed E-state index contributed by atoms with van der Waals surface area (Å²) in [4.78, 5) is 13.7. The van der Waals surface area contributed by atoms with Crippen LogP contribution >= 0.6 is 12.4 Å². The second-order valence-corrected chi connectivity index (χ2v) is 4.68. The van der Waals surface area contributed by atoms with Crippen LogP contribution < -0.4 is 5.32 Å². The smallest absolute Gasteiger partial charge is 0.248 e. The van der Waals surface area contributed by atoms with Gasteiger partial charge < -0.3 is 19.7 Å². The van der Waals surface area contributed by atoms with Gasteiger partial charge in [-0.2, -0.15) is 0 Å². The van der Waals surface area contributed by atoms with Crippen LogP contribution in [0.3, 0.4) is 0 Å². The van der Waals surface area contributed by atoms with Crippen LogP contribution in [-0.2, 0) is 14.3 Å². The SMILES string of the molecule is CCNCC1CCN(C(=O)COCCOC)CC1.Cl. The van der Waals surface area contributed by atoms with Gasteiger partial charge in [-0.1, -0.05) is 6.92 Å². The second-order valence-electron chi connectivity index (χ2n) is 4.68. The van der Waals surface area contributed by atoms with Gasteiger partial charge in [-0.15, -0.1) is 12.4 Å². The molecule has 0 atom stereocenters. The summed E-state index contributed by atoms with van der Waals surface area (Å²) in [6, 6.07) is 0. The first kappa shape index (κ1) is 18.6. The summed E-state index contributed by atoms with van der Waals surface area (Å²) >= 11 is 0. The van der Waals surface area contributed by atoms with Crippen molar-refractivity contribution in [3.05, 3.63) is 0 Å². The Labute approximate surface area is 122 Å². The molecule has 0 saturated carbocycles. The van der Waals surface area contributed by atoms with Crippen molar-refractivity contribution in [3.63, 3.8) is 0 Å². The fourth-order valence-electron chi connectivity index (χ4n) is 2.13. The van der Waals surface area contributed by atoms with Crippen molar-refractivity contribution in [1.82, 2.24) is 10.2 Å². The van der Waals surface area contributed by atoms with Gasteiger partial charge in [0.05, 0.1) is 13.2 Å². The first-order valence-corrected chi connectivity index (χ1v) is 6.83. The van der Waals surface area contributed by atoms with E-state index in [0.29, 0.717) is 19.1 Å². The maximum atomic E-state index is 11.8. The molecule has 19 heavy (non-hydrogen) atoms. The highest BCUT2D eigenvalue weighted by atomic mass is 35.5. The Morgan fingerprint density at radius 3 is 2.58 bits per heavy atom. The average Bonchev–Trinajstić information content (AvgIpc) is 2.41. The first-order chi connectivity index (χ1) is 8.77. The van der Waals surface area contributed by atoms with Gasteiger partial charge in [-0.3, -0.25) is 4.79 Å². The molecule has 0 aromatic rings. The topological polar surface area (TPSA) is 50.8 Å². The standard InChI is InChI=1S/C13H26N2O3.ClH/c1-3-14-10-12-4-6-15(7-5-12)13(16)11-18-9-8-17-2;/h12,14H,3-11H2,1-2H3;1H. The molecule has 0 aliphatic carbocycles. The molecule has 1 fully saturated rings. The molecule has 5 nitrogen and oxygen atoms in total. The zero-order chi connectivity index (χ0) is 13.2. The molecule has 1 aliphatic rings. The van der Waals surface area contributed by atoms with Crippen LogP contribution in [0.1, 0.15) is 19.8 Å². The summed E-state index contributed by atoms with van der Waals surface area (Å²) in [5.41, 5.74) is 0. The number of nitrogens with one attached hydrogen (secondary N) is 1. The fourth-order valence-corrected chi connectivity index (χ4v) is 2.13. The third-order valence-electron chi connectivity index (χ3n) is 3.31. The fraction of sp³-hybridized carbons (Fsp3) is 0.923. The summed E-state index contributed by atoms with van der Waals surface area (Å²) in [6.45, 7) is 7.15. The molecule has 0 bridgehead atoms. The molecule has 1 aliphatic heterocycles. The Bertz CT molecular complexity index is 234. The zero-order valence-electron chi connectivity index (χ0n) is 12.0. The van der Waals surface area contributed by atoms with E-state index in [9.17, 15) is 4.79 Å². The molecule has 0 spiro atoms. The highest BCUT2D eigenvalue weighted by Gasteiger charge is 2.22. The molecule has 6 heteroatoms. The normalized spacial score (nSPS) is 16.2. The number of hydrogen-bond acceptors (Lipinski definition) is 4. The van der Waals surface area contributed by atoms with E-state index in [1.54, 1.807) is 7.11 Å². The molecule has 0 radical (unpaired) electrons. The molecule has 1 amide bonds. The van der Waals surface area contributed by atoms with Gasteiger partial charge in [0.2, 0.25) is 5.91 Å². The van der Waals surface area contributed by atoms with E-state index in [2.05, 4.69) is 12.2 Å². The number of hydrogen-bond donors (Lipinski definition) is 1. The van der Waals surface area contributed by atoms with Crippen molar-refractivity contribution in [1.29, 1.82) is 0 Å². The van der Waals surface area contributed by atoms with Crippen molar-refractivity contribution in [2.75, 3.05) is 53.1 Å². The highest BCUT2D eigenvalue weighted by Crippen LogP contribution is 2.16. The molecule has 0 unspecified atom stereocenters. The summed E-state index contributed by atoms with van der Waals surface area (Å²) in [7, 11) is 1.63. The Morgan fingerprint density at radius 2 is 2.00 bits per heavy atom. The van der Waals surface area contributed by atoms with Gasteiger partial charge in [0.25, 0.3) is 0 Å². The van der Waals surface area contributed by atoms with Gasteiger partial charge in [0.15, 0.2) is 0 Å². The third-order valence-corrected chi connectivity index (χ3v) is 3.31. The number of piperidine rings is 1. The minimum Gasteiger partial charge on any atom is -0.382 e. The largest absolute Gasteiger partial charge is 0.382 e. The first-order valence-electron chi connectivity index (χ1n) is 6.83. The van der Waals surface area contributed by atoms with Crippen LogP contribution in [0, 0.1) is 5.92 Å². The quantitative estimate of drug-likeness (QED) is 0.677. The number of rotatable bonds is 8. The van der Waals surface area contributed by atoms with Gasteiger partial charge in [-0.25, -0.2) is 0 Å². The molecular formula is C13H27ClN2O3. The predicted octanol–water partition coefficient (Wildman–Crippen LogP) is 0.919. The lowest BCUT2D eigenvalue weighted by molar-refractivity contribution is -0.137. The summed E-state index contributed by atoms with van der Waals surface area (Å²) in [6.07, 6.45) is 2.19. The lowest BCUT2D eigenvalue weighted by Gasteiger charge is -2.32. The van der Waals surface area contributed by atoms with E-state index in [1.165, 1.54) is 0 Å². The minimum atomic E-state index is 0. The zero-order valence-corrected chi connectivity index (χ0v) is 12.8. The third kappa shape index (κ3) is 7.72. The lowest BCUT2D eigenvalue weighted by Crippen LogP contribution is -2.42. The van der Waals surface area contributed by atoms with Crippen LogP contribution in [0.5, 0.6) is 0 Å². The number of carbonyl (C=O) groups excluding carboxylic acids is 1. The Balaban J connectivity index is 0.00000324. The Kier molecular flexibility index (Phi) is 11.2. The Morgan fingerprint density at radius 1 is 1.32 bits per heavy atom. The number of methoxy groups -OCH3 is 1. The number of likely N-dealkylation sites (tertiary alicyclic amines) is 1. The van der Waals surface area contributed by atoms with Crippen molar-refractivity contribution in [2.45, 2.75) is 19.8 Å². The number of ether oxygens (including phenoxy) is 2. The molecular weight excluding hydrogens is 268 g/mol. The van der Waals surface area contributed by atoms with E-state index in [1.807, 2.05) is 4.90 Å². The minimum absolute atomic E-state index is 0. The van der Waals surface area contributed by atoms with E-state index in [-0.39, 0.29) is 24.9 Å². The van der Waals surface area contributed by atoms with Crippen molar-refractivity contribution < 1.29 is 14.3 Å². The maximum absolute atomic E-state index is 11.8. The van der Waals surface area contributed by atoms with Gasteiger partial charge in [0, 0.05) is 20.2 Å². The number of nitrogens with zero attached hydrogens (tertiary/aromatic N) is 1. The summed E-state index contributed by atoms with van der Waals surface area (Å²) in [5.74, 6) is 0.816. The van der Waals surface area contributed by atoms with E-state index in [0.717, 1.165) is 39.0 Å². The van der Waals surface area contributed by atoms with Gasteiger partial charge in [0.1, 0.15) is 6.61 Å². The lowest BCUT2D eigenvalue weighted by atomic mass is 9.97. The van der Waals surface area contributed by atoms with Crippen LogP contribution in [0.15, 0.2) is 0 Å². The Hall–Kier alpha value is -0.360. The molecule has 0 aromatic carbocycles. The number of halogens is 1. The van der Waals surface area contributed by atoms with E-state index in [4.69, 9.17) is 9.47 Å². The van der Waals surface area contributed by atoms with Crippen LogP contribution in [-0.4, -0.2) is 63.9 Å². The van der Waals surface area contributed by atoms with Gasteiger partial charge >= 0.3 is 0 Å². The number of amides is 1. The van der Waals surface area contributed by atoms with Gasteiger partial charge in [-0.05, 0) is 31.8 Å².